The van der Waals surface area contributed by atoms with Gasteiger partial charge in [0.2, 0.25) is 0 Å². The summed E-state index contributed by atoms with van der Waals surface area (Å²) in [4.78, 5) is 0. The largest absolute Gasteiger partial charge is 0.392 e. The number of hydrogen-bond donors (Lipinski definition) is 2. The quantitative estimate of drug-likeness (QED) is 0.518. The first-order valence-corrected chi connectivity index (χ1v) is 2.25. The Morgan fingerprint density at radius 3 is 2.43 bits per heavy atom. The molecule has 0 bridgehead atoms. The van der Waals surface area contributed by atoms with Gasteiger partial charge in [-0.25, -0.2) is 0 Å². The van der Waals surface area contributed by atoms with Crippen molar-refractivity contribution in [2.75, 3.05) is 13.2 Å². The van der Waals surface area contributed by atoms with Crippen LogP contribution in [0.4, 0.5) is 4.39 Å². The van der Waals surface area contributed by atoms with Gasteiger partial charge >= 0.3 is 0 Å². The van der Waals surface area contributed by atoms with E-state index in [-0.39, 0.29) is 13.0 Å². The van der Waals surface area contributed by atoms with E-state index in [0.717, 1.165) is 0 Å². The van der Waals surface area contributed by atoms with Crippen LogP contribution in [0.3, 0.4) is 0 Å². The van der Waals surface area contributed by atoms with E-state index in [1.54, 1.807) is 0 Å². The summed E-state index contributed by atoms with van der Waals surface area (Å²) >= 11 is 0. The van der Waals surface area contributed by atoms with E-state index < -0.39 is 12.8 Å². The SMILES string of the molecule is NCC(O)CCF. The molecule has 0 heterocycles. The smallest absolute Gasteiger partial charge is 0.0919 e. The highest BCUT2D eigenvalue weighted by Gasteiger charge is 1.96. The number of nitrogens with two attached hydrogens (primary N) is 1. The summed E-state index contributed by atoms with van der Waals surface area (Å²) in [6.07, 6.45) is -0.485. The molecule has 0 aromatic heterocycles. The van der Waals surface area contributed by atoms with Crippen LogP contribution in [0.5, 0.6) is 0 Å². The van der Waals surface area contributed by atoms with Crippen LogP contribution in [0, 0.1) is 0 Å². The van der Waals surface area contributed by atoms with Gasteiger partial charge in [0, 0.05) is 13.0 Å². The molecule has 3 N–H and O–H groups in total. The van der Waals surface area contributed by atoms with E-state index >= 15 is 0 Å². The molecule has 0 rings (SSSR count). The molecule has 44 valence electrons. The average Bonchev–Trinajstić information content (AvgIpc) is 1.68. The van der Waals surface area contributed by atoms with Gasteiger partial charge in [-0.3, -0.25) is 4.39 Å². The second-order valence-electron chi connectivity index (χ2n) is 1.37. The number of hydrogen-bond acceptors (Lipinski definition) is 2. The van der Waals surface area contributed by atoms with E-state index in [4.69, 9.17) is 10.8 Å². The first-order valence-electron chi connectivity index (χ1n) is 2.25. The lowest BCUT2D eigenvalue weighted by atomic mass is 10.3. The third-order valence-corrected chi connectivity index (χ3v) is 0.714. The van der Waals surface area contributed by atoms with Gasteiger partial charge in [0.1, 0.15) is 0 Å². The van der Waals surface area contributed by atoms with Crippen molar-refractivity contribution in [1.29, 1.82) is 0 Å². The molecule has 0 radical (unpaired) electrons. The second-order valence-corrected chi connectivity index (χ2v) is 1.37. The molecule has 0 aliphatic carbocycles. The van der Waals surface area contributed by atoms with E-state index in [1.807, 2.05) is 0 Å². The van der Waals surface area contributed by atoms with Crippen LogP contribution in [0.1, 0.15) is 6.42 Å². The monoisotopic (exact) mass is 107 g/mol. The molecule has 3 heteroatoms. The minimum atomic E-state index is -0.648. The van der Waals surface area contributed by atoms with E-state index in [9.17, 15) is 4.39 Å². The van der Waals surface area contributed by atoms with Gasteiger partial charge in [-0.1, -0.05) is 0 Å². The Hall–Kier alpha value is -0.150. The number of alkyl halides is 1. The van der Waals surface area contributed by atoms with Gasteiger partial charge in [-0.05, 0) is 0 Å². The molecular formula is C4H10FNO. The van der Waals surface area contributed by atoms with Crippen molar-refractivity contribution in [2.45, 2.75) is 12.5 Å². The Bertz CT molecular complexity index is 42.7. The lowest BCUT2D eigenvalue weighted by molar-refractivity contribution is 0.161. The van der Waals surface area contributed by atoms with Crippen LogP contribution < -0.4 is 5.73 Å². The number of aliphatic hydroxyl groups is 1. The standard InChI is InChI=1S/C4H10FNO/c5-2-1-4(7)3-6/h4,7H,1-3,6H2. The predicted octanol–water partition coefficient (Wildman–Crippen LogP) is -0.334. The van der Waals surface area contributed by atoms with Crippen molar-refractivity contribution >= 4 is 0 Å². The number of rotatable bonds is 3. The Balaban J connectivity index is 2.83. The molecule has 0 aromatic rings. The van der Waals surface area contributed by atoms with E-state index in [1.165, 1.54) is 0 Å². The number of aliphatic hydroxyl groups excluding tert-OH is 1. The van der Waals surface area contributed by atoms with Crippen molar-refractivity contribution in [3.8, 4) is 0 Å². The highest BCUT2D eigenvalue weighted by molar-refractivity contribution is 4.52. The van der Waals surface area contributed by atoms with Crippen molar-refractivity contribution in [1.82, 2.24) is 0 Å². The fourth-order valence-electron chi connectivity index (χ4n) is 0.244. The average molecular weight is 107 g/mol. The summed E-state index contributed by atoms with van der Waals surface area (Å²) in [5.41, 5.74) is 4.94. The molecule has 0 fully saturated rings. The Morgan fingerprint density at radius 2 is 2.29 bits per heavy atom. The van der Waals surface area contributed by atoms with Crippen molar-refractivity contribution < 1.29 is 9.50 Å². The Morgan fingerprint density at radius 1 is 1.71 bits per heavy atom. The summed E-state index contributed by atoms with van der Waals surface area (Å²) in [5, 5.41) is 8.49. The maximum atomic E-state index is 11.2. The minimum Gasteiger partial charge on any atom is -0.392 e. The van der Waals surface area contributed by atoms with Crippen molar-refractivity contribution in [3.63, 3.8) is 0 Å². The normalized spacial score (nSPS) is 14.1. The molecule has 0 aromatic carbocycles. The fraction of sp³-hybridized carbons (Fsp3) is 1.00. The molecule has 1 unspecified atom stereocenters. The summed E-state index contributed by atoms with van der Waals surface area (Å²) in [5.74, 6) is 0. The molecule has 2 nitrogen and oxygen atoms in total. The van der Waals surface area contributed by atoms with Gasteiger partial charge in [0.05, 0.1) is 12.8 Å². The van der Waals surface area contributed by atoms with Gasteiger partial charge < -0.3 is 10.8 Å². The zero-order valence-corrected chi connectivity index (χ0v) is 4.10. The maximum absolute atomic E-state index is 11.2. The maximum Gasteiger partial charge on any atom is 0.0919 e. The minimum absolute atomic E-state index is 0.157. The van der Waals surface area contributed by atoms with Crippen molar-refractivity contribution in [3.05, 3.63) is 0 Å². The zero-order chi connectivity index (χ0) is 5.70. The van der Waals surface area contributed by atoms with E-state index in [0.29, 0.717) is 0 Å². The lowest BCUT2D eigenvalue weighted by Crippen LogP contribution is -2.19. The topological polar surface area (TPSA) is 46.2 Å². The highest BCUT2D eigenvalue weighted by atomic mass is 19.1. The predicted molar refractivity (Wildman–Crippen MR) is 25.7 cm³/mol. The molecule has 7 heavy (non-hydrogen) atoms. The van der Waals surface area contributed by atoms with Crippen LogP contribution in [0.2, 0.25) is 0 Å². The summed E-state index contributed by atoms with van der Waals surface area (Å²) in [7, 11) is 0. The molecular weight excluding hydrogens is 97.0 g/mol. The molecule has 0 aliphatic heterocycles. The van der Waals surface area contributed by atoms with Crippen LogP contribution in [-0.2, 0) is 0 Å². The number of halogens is 1. The zero-order valence-electron chi connectivity index (χ0n) is 4.10. The molecule has 1 atom stereocenters. The van der Waals surface area contributed by atoms with Gasteiger partial charge in [0.15, 0.2) is 0 Å². The Labute approximate surface area is 42.1 Å². The Kier molecular flexibility index (Phi) is 3.93. The van der Waals surface area contributed by atoms with Gasteiger partial charge in [0.25, 0.3) is 0 Å². The highest BCUT2D eigenvalue weighted by Crippen LogP contribution is 1.86. The first-order chi connectivity index (χ1) is 3.31. The van der Waals surface area contributed by atoms with Crippen LogP contribution in [0.25, 0.3) is 0 Å². The lowest BCUT2D eigenvalue weighted by Gasteiger charge is -2.00. The third-order valence-electron chi connectivity index (χ3n) is 0.714. The third kappa shape index (κ3) is 3.69. The second kappa shape index (κ2) is 4.02. The first kappa shape index (κ1) is 6.85. The van der Waals surface area contributed by atoms with Crippen molar-refractivity contribution in [2.24, 2.45) is 5.73 Å². The summed E-state index contributed by atoms with van der Waals surface area (Å²) in [6.45, 7) is -0.331. The molecule has 0 spiro atoms. The summed E-state index contributed by atoms with van der Waals surface area (Å²) < 4.78 is 11.2. The summed E-state index contributed by atoms with van der Waals surface area (Å²) in [6, 6.07) is 0. The molecule has 0 saturated carbocycles. The molecule has 0 amide bonds. The van der Waals surface area contributed by atoms with Crippen LogP contribution >= 0.6 is 0 Å². The fourth-order valence-corrected chi connectivity index (χ4v) is 0.244. The van der Waals surface area contributed by atoms with Gasteiger partial charge in [-0.15, -0.1) is 0 Å². The molecule has 0 aliphatic rings. The van der Waals surface area contributed by atoms with Crippen LogP contribution in [-0.4, -0.2) is 24.4 Å². The van der Waals surface area contributed by atoms with E-state index in [2.05, 4.69) is 0 Å². The van der Waals surface area contributed by atoms with Crippen LogP contribution in [0.15, 0.2) is 0 Å². The van der Waals surface area contributed by atoms with Gasteiger partial charge in [-0.2, -0.15) is 0 Å². The molecule has 0 saturated heterocycles.